The maximum atomic E-state index is 11.7. The Morgan fingerprint density at radius 3 is 2.23 bits per heavy atom. The van der Waals surface area contributed by atoms with Crippen molar-refractivity contribution in [2.45, 2.75) is 4.90 Å². The molecule has 13 heavy (non-hydrogen) atoms. The third-order valence-corrected chi connectivity index (χ3v) is 3.69. The van der Waals surface area contributed by atoms with Gasteiger partial charge in [0.05, 0.1) is 16.8 Å². The molecule has 0 aliphatic rings. The lowest BCUT2D eigenvalue weighted by atomic mass is 10.3. The van der Waals surface area contributed by atoms with Crippen LogP contribution in [0.3, 0.4) is 0 Å². The summed E-state index contributed by atoms with van der Waals surface area (Å²) in [6.45, 7) is 0. The van der Waals surface area contributed by atoms with E-state index in [0.717, 1.165) is 10.6 Å². The number of rotatable bonds is 2. The van der Waals surface area contributed by atoms with Crippen molar-refractivity contribution in [1.29, 1.82) is 0 Å². The number of nitrogens with zero attached hydrogens (tertiary/aromatic N) is 1. The first-order valence-electron chi connectivity index (χ1n) is 3.84. The summed E-state index contributed by atoms with van der Waals surface area (Å²) in [5.41, 5.74) is 0. The lowest BCUT2D eigenvalue weighted by Gasteiger charge is -2.04. The Bertz CT molecular complexity index is 389. The Morgan fingerprint density at radius 2 is 1.85 bits per heavy atom. The van der Waals surface area contributed by atoms with Gasteiger partial charge in [0.2, 0.25) is 0 Å². The highest BCUT2D eigenvalue weighted by Crippen LogP contribution is 2.16. The molecule has 0 aliphatic carbocycles. The molecular formula is C9H13NO2S. The Kier molecular flexibility index (Phi) is 2.93. The molecule has 0 fully saturated rings. The van der Waals surface area contributed by atoms with Crippen LogP contribution in [0.25, 0.3) is 0 Å². The van der Waals surface area contributed by atoms with Gasteiger partial charge in [0.15, 0.2) is 0 Å². The van der Waals surface area contributed by atoms with E-state index in [9.17, 15) is 4.21 Å². The minimum atomic E-state index is -2.20. The van der Waals surface area contributed by atoms with Crippen LogP contribution in [0, 0.1) is 0 Å². The molecule has 72 valence electrons. The Balaban J connectivity index is 3.14. The second-order valence-corrected chi connectivity index (χ2v) is 5.10. The summed E-state index contributed by atoms with van der Waals surface area (Å²) in [7, 11) is 0.958. The first kappa shape index (κ1) is 10.1. The number of methoxy groups -OCH3 is 1. The number of ether oxygens (including phenoxy) is 1. The largest absolute Gasteiger partial charge is 0.497 e. The van der Waals surface area contributed by atoms with Crippen LogP contribution in [0.1, 0.15) is 0 Å². The Morgan fingerprint density at radius 1 is 1.31 bits per heavy atom. The van der Waals surface area contributed by atoms with Gasteiger partial charge in [-0.3, -0.25) is 0 Å². The van der Waals surface area contributed by atoms with Gasteiger partial charge in [0.1, 0.15) is 5.75 Å². The van der Waals surface area contributed by atoms with Crippen molar-refractivity contribution in [3.8, 4) is 5.75 Å². The SMILES string of the molecule is CN=[S@](C)(=O)c1ccc(OC)cc1. The van der Waals surface area contributed by atoms with Gasteiger partial charge in [-0.2, -0.15) is 0 Å². The second kappa shape index (κ2) is 3.79. The molecule has 0 amide bonds. The molecule has 3 nitrogen and oxygen atoms in total. The Labute approximate surface area is 78.9 Å². The van der Waals surface area contributed by atoms with Gasteiger partial charge in [-0.1, -0.05) is 0 Å². The van der Waals surface area contributed by atoms with Crippen LogP contribution in [0.5, 0.6) is 5.75 Å². The quantitative estimate of drug-likeness (QED) is 0.728. The lowest BCUT2D eigenvalue weighted by molar-refractivity contribution is 0.414. The van der Waals surface area contributed by atoms with Crippen LogP contribution >= 0.6 is 0 Å². The minimum absolute atomic E-state index is 0.732. The van der Waals surface area contributed by atoms with Crippen molar-refractivity contribution < 1.29 is 8.95 Å². The van der Waals surface area contributed by atoms with Crippen molar-refractivity contribution in [3.63, 3.8) is 0 Å². The van der Waals surface area contributed by atoms with Gasteiger partial charge in [0.25, 0.3) is 0 Å². The third kappa shape index (κ3) is 2.21. The zero-order valence-electron chi connectivity index (χ0n) is 7.98. The molecule has 4 heteroatoms. The Hall–Kier alpha value is -1.03. The molecule has 0 unspecified atom stereocenters. The molecule has 0 saturated heterocycles. The molecule has 0 saturated carbocycles. The summed E-state index contributed by atoms with van der Waals surface area (Å²) < 4.78 is 20.6. The van der Waals surface area contributed by atoms with Gasteiger partial charge in [-0.05, 0) is 24.3 Å². The van der Waals surface area contributed by atoms with Gasteiger partial charge in [0, 0.05) is 18.2 Å². The molecule has 0 bridgehead atoms. The number of hydrogen-bond acceptors (Lipinski definition) is 3. The minimum Gasteiger partial charge on any atom is -0.497 e. The van der Waals surface area contributed by atoms with Gasteiger partial charge in [-0.25, -0.2) is 8.57 Å². The van der Waals surface area contributed by atoms with Crippen LogP contribution in [-0.4, -0.2) is 24.6 Å². The van der Waals surface area contributed by atoms with E-state index in [0.29, 0.717) is 0 Å². The fraction of sp³-hybridized carbons (Fsp3) is 0.333. The lowest BCUT2D eigenvalue weighted by Crippen LogP contribution is -1.96. The average molecular weight is 199 g/mol. The summed E-state index contributed by atoms with van der Waals surface area (Å²) in [5.74, 6) is 0.759. The van der Waals surface area contributed by atoms with E-state index in [-0.39, 0.29) is 0 Å². The maximum Gasteiger partial charge on any atom is 0.118 e. The number of benzene rings is 1. The van der Waals surface area contributed by atoms with Crippen molar-refractivity contribution in [3.05, 3.63) is 24.3 Å². The maximum absolute atomic E-state index is 11.7. The van der Waals surface area contributed by atoms with Gasteiger partial charge < -0.3 is 4.74 Å². The summed E-state index contributed by atoms with van der Waals surface area (Å²) in [6, 6.07) is 7.11. The van der Waals surface area contributed by atoms with Gasteiger partial charge in [-0.15, -0.1) is 0 Å². The standard InChI is InChI=1S/C9H13NO2S/c1-10-13(3,11)9-6-4-8(12-2)5-7-9/h4-7H,1-3H3/t13-/m1/s1. The molecule has 0 aliphatic heterocycles. The van der Waals surface area contributed by atoms with Crippen molar-refractivity contribution >= 4 is 9.73 Å². The van der Waals surface area contributed by atoms with Crippen molar-refractivity contribution in [1.82, 2.24) is 0 Å². The second-order valence-electron chi connectivity index (χ2n) is 2.66. The van der Waals surface area contributed by atoms with Crippen LogP contribution in [-0.2, 0) is 9.73 Å². The summed E-state index contributed by atoms with van der Waals surface area (Å²) in [6.07, 6.45) is 1.62. The van der Waals surface area contributed by atoms with E-state index in [1.54, 1.807) is 44.7 Å². The molecule has 1 atom stereocenters. The average Bonchev–Trinajstić information content (AvgIpc) is 2.18. The van der Waals surface area contributed by atoms with E-state index >= 15 is 0 Å². The number of hydrogen-bond donors (Lipinski definition) is 0. The highest BCUT2D eigenvalue weighted by molar-refractivity contribution is 7.93. The predicted molar refractivity (Wildman–Crippen MR) is 53.7 cm³/mol. The summed E-state index contributed by atoms with van der Waals surface area (Å²) in [5, 5.41) is 0. The topological polar surface area (TPSA) is 38.7 Å². The normalized spacial score (nSPS) is 14.7. The van der Waals surface area contributed by atoms with Crippen molar-refractivity contribution in [2.24, 2.45) is 4.36 Å². The molecule has 0 N–H and O–H groups in total. The first-order valence-corrected chi connectivity index (χ1v) is 5.77. The monoisotopic (exact) mass is 199 g/mol. The van der Waals surface area contributed by atoms with E-state index in [2.05, 4.69) is 4.36 Å². The van der Waals surface area contributed by atoms with Crippen LogP contribution in [0.15, 0.2) is 33.5 Å². The van der Waals surface area contributed by atoms with Crippen molar-refractivity contribution in [2.75, 3.05) is 20.4 Å². The summed E-state index contributed by atoms with van der Waals surface area (Å²) >= 11 is 0. The smallest absolute Gasteiger partial charge is 0.118 e. The molecule has 1 aromatic rings. The van der Waals surface area contributed by atoms with E-state index in [1.807, 2.05) is 0 Å². The van der Waals surface area contributed by atoms with E-state index < -0.39 is 9.73 Å². The fourth-order valence-electron chi connectivity index (χ4n) is 0.934. The zero-order chi connectivity index (χ0) is 9.90. The van der Waals surface area contributed by atoms with E-state index in [1.165, 1.54) is 0 Å². The predicted octanol–water partition coefficient (Wildman–Crippen LogP) is 1.78. The molecule has 0 heterocycles. The van der Waals surface area contributed by atoms with E-state index in [4.69, 9.17) is 4.74 Å². The molecule has 0 radical (unpaired) electrons. The van der Waals surface area contributed by atoms with Crippen LogP contribution in [0.2, 0.25) is 0 Å². The summed E-state index contributed by atoms with van der Waals surface area (Å²) in [4.78, 5) is 0.732. The first-order chi connectivity index (χ1) is 6.10. The molecule has 1 aromatic carbocycles. The zero-order valence-corrected chi connectivity index (χ0v) is 8.80. The molecule has 0 aromatic heterocycles. The van der Waals surface area contributed by atoms with Crippen LogP contribution < -0.4 is 4.74 Å². The van der Waals surface area contributed by atoms with Crippen LogP contribution in [0.4, 0.5) is 0 Å². The third-order valence-electron chi connectivity index (χ3n) is 1.85. The fourth-order valence-corrected chi connectivity index (χ4v) is 1.79. The highest BCUT2D eigenvalue weighted by atomic mass is 32.2. The molecule has 0 spiro atoms. The van der Waals surface area contributed by atoms with Gasteiger partial charge >= 0.3 is 0 Å². The molecule has 1 rings (SSSR count). The highest BCUT2D eigenvalue weighted by Gasteiger charge is 2.03. The molecular weight excluding hydrogens is 186 g/mol.